The van der Waals surface area contributed by atoms with E-state index in [1.807, 2.05) is 30.5 Å². The van der Waals surface area contributed by atoms with Gasteiger partial charge in [-0.1, -0.05) is 23.7 Å². The Morgan fingerprint density at radius 3 is 2.55 bits per heavy atom. The van der Waals surface area contributed by atoms with Crippen LogP contribution in [0.5, 0.6) is 5.75 Å². The molecular formula is C16H15ClN2O2S. The van der Waals surface area contributed by atoms with Gasteiger partial charge >= 0.3 is 0 Å². The smallest absolute Gasteiger partial charge is 0.277 e. The summed E-state index contributed by atoms with van der Waals surface area (Å²) in [6.45, 7) is -0.107. The number of nitrogens with one attached hydrogen (secondary N) is 1. The van der Waals surface area contributed by atoms with Gasteiger partial charge in [0.05, 0.1) is 6.21 Å². The SMILES string of the molecule is CSc1ccc(/C=N\NC(=O)COc2ccc(Cl)cc2)cc1. The number of carbonyl (C=O) groups is 1. The molecule has 0 fully saturated rings. The van der Waals surface area contributed by atoms with E-state index in [-0.39, 0.29) is 12.5 Å². The maximum atomic E-state index is 11.6. The zero-order chi connectivity index (χ0) is 15.8. The largest absolute Gasteiger partial charge is 0.484 e. The molecule has 0 spiro atoms. The summed E-state index contributed by atoms with van der Waals surface area (Å²) in [5.74, 6) is 0.253. The lowest BCUT2D eigenvalue weighted by molar-refractivity contribution is -0.123. The average molecular weight is 335 g/mol. The zero-order valence-corrected chi connectivity index (χ0v) is 13.5. The number of benzene rings is 2. The molecule has 0 radical (unpaired) electrons. The number of amides is 1. The Labute approximate surface area is 138 Å². The molecule has 1 amide bonds. The van der Waals surface area contributed by atoms with Crippen molar-refractivity contribution in [1.29, 1.82) is 0 Å². The van der Waals surface area contributed by atoms with Crippen LogP contribution in [0.15, 0.2) is 58.5 Å². The molecule has 6 heteroatoms. The fraction of sp³-hybridized carbons (Fsp3) is 0.125. The number of rotatable bonds is 6. The van der Waals surface area contributed by atoms with E-state index in [1.165, 1.54) is 4.90 Å². The van der Waals surface area contributed by atoms with Crippen molar-refractivity contribution < 1.29 is 9.53 Å². The van der Waals surface area contributed by atoms with Crippen LogP contribution in [0.25, 0.3) is 0 Å². The Kier molecular flexibility index (Phi) is 6.30. The fourth-order valence-corrected chi connectivity index (χ4v) is 2.11. The van der Waals surface area contributed by atoms with Crippen LogP contribution in [0, 0.1) is 0 Å². The van der Waals surface area contributed by atoms with Crippen molar-refractivity contribution in [1.82, 2.24) is 5.43 Å². The lowest BCUT2D eigenvalue weighted by Gasteiger charge is -2.04. The van der Waals surface area contributed by atoms with Crippen LogP contribution < -0.4 is 10.2 Å². The van der Waals surface area contributed by atoms with Crippen LogP contribution in [0.4, 0.5) is 0 Å². The Morgan fingerprint density at radius 2 is 1.91 bits per heavy atom. The van der Waals surface area contributed by atoms with Gasteiger partial charge in [-0.3, -0.25) is 4.79 Å². The molecule has 0 aromatic heterocycles. The van der Waals surface area contributed by atoms with Crippen LogP contribution in [0.1, 0.15) is 5.56 Å². The number of thioether (sulfide) groups is 1. The van der Waals surface area contributed by atoms with Gasteiger partial charge in [0.25, 0.3) is 5.91 Å². The molecule has 0 bridgehead atoms. The van der Waals surface area contributed by atoms with Gasteiger partial charge in [-0.05, 0) is 48.2 Å². The lowest BCUT2D eigenvalue weighted by atomic mass is 10.2. The fourth-order valence-electron chi connectivity index (χ4n) is 1.58. The van der Waals surface area contributed by atoms with Crippen LogP contribution in [-0.2, 0) is 4.79 Å². The summed E-state index contributed by atoms with van der Waals surface area (Å²) < 4.78 is 5.31. The predicted molar refractivity (Wildman–Crippen MR) is 90.9 cm³/mol. The highest BCUT2D eigenvalue weighted by Gasteiger charge is 2.01. The molecule has 0 heterocycles. The van der Waals surface area contributed by atoms with Crippen LogP contribution >= 0.6 is 23.4 Å². The third-order valence-electron chi connectivity index (χ3n) is 2.70. The molecule has 0 aliphatic carbocycles. The van der Waals surface area contributed by atoms with Crippen molar-refractivity contribution in [3.63, 3.8) is 0 Å². The standard InChI is InChI=1S/C16H15ClN2O2S/c1-22-15-8-2-12(3-9-15)10-18-19-16(20)11-21-14-6-4-13(17)5-7-14/h2-10H,11H2,1H3,(H,19,20)/b18-10-. The quantitative estimate of drug-likeness (QED) is 0.499. The molecule has 114 valence electrons. The highest BCUT2D eigenvalue weighted by molar-refractivity contribution is 7.98. The minimum atomic E-state index is -0.327. The molecule has 22 heavy (non-hydrogen) atoms. The minimum absolute atomic E-state index is 0.107. The molecular weight excluding hydrogens is 320 g/mol. The summed E-state index contributed by atoms with van der Waals surface area (Å²) in [5, 5.41) is 4.51. The molecule has 2 aromatic carbocycles. The second-order valence-corrected chi connectivity index (χ2v) is 5.63. The van der Waals surface area contributed by atoms with Crippen LogP contribution in [-0.4, -0.2) is 25.0 Å². The first-order chi connectivity index (χ1) is 10.7. The van der Waals surface area contributed by atoms with Crippen LogP contribution in [0.3, 0.4) is 0 Å². The van der Waals surface area contributed by atoms with E-state index < -0.39 is 0 Å². The van der Waals surface area contributed by atoms with Crippen molar-refractivity contribution in [2.45, 2.75) is 4.90 Å². The Bertz CT molecular complexity index is 642. The van der Waals surface area contributed by atoms with E-state index in [4.69, 9.17) is 16.3 Å². The van der Waals surface area contributed by atoms with Crippen molar-refractivity contribution >= 4 is 35.5 Å². The third kappa shape index (κ3) is 5.42. The monoisotopic (exact) mass is 334 g/mol. The summed E-state index contributed by atoms with van der Waals surface area (Å²) in [6, 6.07) is 14.7. The van der Waals surface area contributed by atoms with Gasteiger partial charge in [-0.2, -0.15) is 5.10 Å². The van der Waals surface area contributed by atoms with Gasteiger partial charge < -0.3 is 4.74 Å². The topological polar surface area (TPSA) is 50.7 Å². The van der Waals surface area contributed by atoms with Gasteiger partial charge in [0, 0.05) is 9.92 Å². The molecule has 1 N–H and O–H groups in total. The van der Waals surface area contributed by atoms with Crippen molar-refractivity contribution in [2.75, 3.05) is 12.9 Å². The van der Waals surface area contributed by atoms with Gasteiger partial charge in [-0.15, -0.1) is 11.8 Å². The molecule has 2 aromatic rings. The van der Waals surface area contributed by atoms with Gasteiger partial charge in [-0.25, -0.2) is 5.43 Å². The van der Waals surface area contributed by atoms with Crippen LogP contribution in [0.2, 0.25) is 5.02 Å². The zero-order valence-electron chi connectivity index (χ0n) is 12.0. The number of hydrazone groups is 1. The first-order valence-corrected chi connectivity index (χ1v) is 8.12. The summed E-state index contributed by atoms with van der Waals surface area (Å²) in [5.41, 5.74) is 3.33. The van der Waals surface area contributed by atoms with E-state index in [9.17, 15) is 4.79 Å². The van der Waals surface area contributed by atoms with Gasteiger partial charge in [0.2, 0.25) is 0 Å². The lowest BCUT2D eigenvalue weighted by Crippen LogP contribution is -2.24. The highest BCUT2D eigenvalue weighted by atomic mass is 35.5. The summed E-state index contributed by atoms with van der Waals surface area (Å²) >= 11 is 7.44. The van der Waals surface area contributed by atoms with Gasteiger partial charge in [0.1, 0.15) is 5.75 Å². The van der Waals surface area contributed by atoms with E-state index in [0.717, 1.165) is 5.56 Å². The maximum Gasteiger partial charge on any atom is 0.277 e. The van der Waals surface area contributed by atoms with E-state index in [1.54, 1.807) is 42.2 Å². The summed E-state index contributed by atoms with van der Waals surface area (Å²) in [6.07, 6.45) is 3.61. The number of hydrogen-bond acceptors (Lipinski definition) is 4. The van der Waals surface area contributed by atoms with E-state index >= 15 is 0 Å². The summed E-state index contributed by atoms with van der Waals surface area (Å²) in [7, 11) is 0. The molecule has 0 atom stereocenters. The Balaban J connectivity index is 1.76. The second-order valence-electron chi connectivity index (χ2n) is 4.31. The average Bonchev–Trinajstić information content (AvgIpc) is 2.55. The molecule has 0 saturated carbocycles. The molecule has 0 unspecified atom stereocenters. The minimum Gasteiger partial charge on any atom is -0.484 e. The van der Waals surface area contributed by atoms with Crippen molar-refractivity contribution in [2.24, 2.45) is 5.10 Å². The van der Waals surface area contributed by atoms with E-state index in [2.05, 4.69) is 10.5 Å². The Morgan fingerprint density at radius 1 is 1.23 bits per heavy atom. The first kappa shape index (κ1) is 16.4. The van der Waals surface area contributed by atoms with E-state index in [0.29, 0.717) is 10.8 Å². The highest BCUT2D eigenvalue weighted by Crippen LogP contribution is 2.15. The first-order valence-electron chi connectivity index (χ1n) is 6.52. The summed E-state index contributed by atoms with van der Waals surface area (Å²) in [4.78, 5) is 12.8. The Hall–Kier alpha value is -1.98. The molecule has 4 nitrogen and oxygen atoms in total. The number of nitrogens with zero attached hydrogens (tertiary/aromatic N) is 1. The molecule has 0 aliphatic rings. The molecule has 0 aliphatic heterocycles. The van der Waals surface area contributed by atoms with Gasteiger partial charge in [0.15, 0.2) is 6.61 Å². The number of hydrogen-bond donors (Lipinski definition) is 1. The van der Waals surface area contributed by atoms with Crippen molar-refractivity contribution in [3.8, 4) is 5.75 Å². The molecule has 2 rings (SSSR count). The second kappa shape index (κ2) is 8.46. The normalized spacial score (nSPS) is 10.6. The molecule has 0 saturated heterocycles. The number of ether oxygens (including phenoxy) is 1. The van der Waals surface area contributed by atoms with Crippen molar-refractivity contribution in [3.05, 3.63) is 59.1 Å². The predicted octanol–water partition coefficient (Wildman–Crippen LogP) is 3.59. The third-order valence-corrected chi connectivity index (χ3v) is 3.70. The number of halogens is 1. The maximum absolute atomic E-state index is 11.6. The number of carbonyl (C=O) groups excluding carboxylic acids is 1.